The number of phenolic OH excluding ortho intramolecular Hbond substituents is 1. The summed E-state index contributed by atoms with van der Waals surface area (Å²) in [6.07, 6.45) is 6.12. The van der Waals surface area contributed by atoms with Crippen LogP contribution in [-0.4, -0.2) is 17.7 Å². The molecule has 1 aromatic rings. The van der Waals surface area contributed by atoms with Crippen molar-refractivity contribution < 1.29 is 5.11 Å². The zero-order valence-corrected chi connectivity index (χ0v) is 10.8. The Hall–Kier alpha value is -0.730. The van der Waals surface area contributed by atoms with Gasteiger partial charge in [-0.2, -0.15) is 0 Å². The van der Waals surface area contributed by atoms with Crippen LogP contribution in [0.3, 0.4) is 0 Å². The topological polar surface area (TPSA) is 32.3 Å². The summed E-state index contributed by atoms with van der Waals surface area (Å²) in [4.78, 5) is 0. The Balaban J connectivity index is 0.00000108. The molecule has 1 aromatic carbocycles. The zero-order valence-electron chi connectivity index (χ0n) is 9.98. The number of rotatable bonds is 3. The molecule has 2 aliphatic carbocycles. The van der Waals surface area contributed by atoms with E-state index in [4.69, 9.17) is 0 Å². The van der Waals surface area contributed by atoms with Crippen LogP contribution in [0.15, 0.2) is 18.2 Å². The van der Waals surface area contributed by atoms with Crippen molar-refractivity contribution in [1.29, 1.82) is 0 Å². The third-order valence-corrected chi connectivity index (χ3v) is 3.85. The maximum Gasteiger partial charge on any atom is 0.119 e. The van der Waals surface area contributed by atoms with Crippen molar-refractivity contribution in [3.8, 4) is 5.75 Å². The van der Waals surface area contributed by atoms with Gasteiger partial charge in [0.2, 0.25) is 0 Å². The Morgan fingerprint density at radius 3 is 2.82 bits per heavy atom. The first-order valence-corrected chi connectivity index (χ1v) is 6.36. The molecule has 3 rings (SSSR count). The molecule has 2 nitrogen and oxygen atoms in total. The fourth-order valence-corrected chi connectivity index (χ4v) is 2.60. The van der Waals surface area contributed by atoms with E-state index in [2.05, 4.69) is 11.4 Å². The number of aromatic hydroxyl groups is 1. The fourth-order valence-electron chi connectivity index (χ4n) is 2.60. The van der Waals surface area contributed by atoms with E-state index in [1.807, 2.05) is 12.1 Å². The lowest BCUT2D eigenvalue weighted by atomic mass is 9.87. The molecule has 94 valence electrons. The smallest absolute Gasteiger partial charge is 0.119 e. The molecule has 0 saturated heterocycles. The fraction of sp³-hybridized carbons (Fsp3) is 0.571. The first-order valence-electron chi connectivity index (χ1n) is 6.36. The average Bonchev–Trinajstić information content (AvgIpc) is 3.11. The maximum absolute atomic E-state index is 9.84. The summed E-state index contributed by atoms with van der Waals surface area (Å²) >= 11 is 0. The van der Waals surface area contributed by atoms with Crippen molar-refractivity contribution in [2.24, 2.45) is 5.92 Å². The zero-order chi connectivity index (χ0) is 11.0. The number of phenols is 1. The molecule has 17 heavy (non-hydrogen) atoms. The van der Waals surface area contributed by atoms with Gasteiger partial charge in [-0.3, -0.25) is 0 Å². The molecule has 2 N–H and O–H groups in total. The summed E-state index contributed by atoms with van der Waals surface area (Å²) in [5.74, 6) is 1.42. The van der Waals surface area contributed by atoms with Gasteiger partial charge in [-0.25, -0.2) is 0 Å². The van der Waals surface area contributed by atoms with Gasteiger partial charge < -0.3 is 10.4 Å². The Bertz CT molecular complexity index is 390. The van der Waals surface area contributed by atoms with E-state index in [1.54, 1.807) is 0 Å². The van der Waals surface area contributed by atoms with Gasteiger partial charge in [0.15, 0.2) is 0 Å². The lowest BCUT2D eigenvalue weighted by molar-refractivity contribution is 0.422. The molecule has 0 spiro atoms. The van der Waals surface area contributed by atoms with E-state index in [0.717, 1.165) is 18.8 Å². The summed E-state index contributed by atoms with van der Waals surface area (Å²) < 4.78 is 0. The van der Waals surface area contributed by atoms with Crippen LogP contribution in [-0.2, 0) is 12.8 Å². The van der Waals surface area contributed by atoms with Gasteiger partial charge in [-0.05, 0) is 61.8 Å². The van der Waals surface area contributed by atoms with Crippen molar-refractivity contribution in [2.45, 2.75) is 38.1 Å². The van der Waals surface area contributed by atoms with E-state index < -0.39 is 0 Å². The van der Waals surface area contributed by atoms with Gasteiger partial charge in [0, 0.05) is 6.04 Å². The second kappa shape index (κ2) is 5.28. The summed E-state index contributed by atoms with van der Waals surface area (Å²) in [5, 5.41) is 13.5. The van der Waals surface area contributed by atoms with Crippen molar-refractivity contribution in [2.75, 3.05) is 6.54 Å². The predicted octanol–water partition coefficient (Wildman–Crippen LogP) is 2.67. The molecule has 1 unspecified atom stereocenters. The first-order chi connectivity index (χ1) is 7.83. The molecule has 0 heterocycles. The predicted molar refractivity (Wildman–Crippen MR) is 71.9 cm³/mol. The third-order valence-electron chi connectivity index (χ3n) is 3.85. The molecule has 0 bridgehead atoms. The Kier molecular flexibility index (Phi) is 3.95. The van der Waals surface area contributed by atoms with Crippen LogP contribution in [0.2, 0.25) is 0 Å². The quantitative estimate of drug-likeness (QED) is 0.868. The van der Waals surface area contributed by atoms with Crippen LogP contribution < -0.4 is 5.32 Å². The minimum absolute atomic E-state index is 0. The summed E-state index contributed by atoms with van der Waals surface area (Å²) in [6, 6.07) is 6.47. The molecular formula is C14H20ClNO. The molecule has 0 radical (unpaired) electrons. The van der Waals surface area contributed by atoms with Crippen LogP contribution in [0.5, 0.6) is 5.75 Å². The molecule has 0 aliphatic heterocycles. The minimum atomic E-state index is 0. The molecular weight excluding hydrogens is 234 g/mol. The highest BCUT2D eigenvalue weighted by atomic mass is 35.5. The molecule has 3 heteroatoms. The van der Waals surface area contributed by atoms with Gasteiger partial charge in [0.25, 0.3) is 0 Å². The molecule has 0 aromatic heterocycles. The van der Waals surface area contributed by atoms with E-state index in [9.17, 15) is 5.11 Å². The number of aryl methyl sites for hydroxylation is 1. The van der Waals surface area contributed by atoms with Crippen LogP contribution in [0.25, 0.3) is 0 Å². The normalized spacial score (nSPS) is 22.7. The molecule has 2 aliphatic rings. The standard InChI is InChI=1S/C14H19NO.ClH/c16-14-3-1-2-11-6-7-12(8-13(11)14)15-9-10-4-5-10;/h1-3,10,12,15-16H,4-9H2;1H. The van der Waals surface area contributed by atoms with E-state index in [1.165, 1.54) is 36.9 Å². The van der Waals surface area contributed by atoms with Gasteiger partial charge in [-0.15, -0.1) is 12.4 Å². The number of nitrogens with one attached hydrogen (secondary N) is 1. The number of hydrogen-bond acceptors (Lipinski definition) is 2. The first kappa shape index (κ1) is 12.7. The summed E-state index contributed by atoms with van der Waals surface area (Å²) in [7, 11) is 0. The van der Waals surface area contributed by atoms with E-state index in [-0.39, 0.29) is 12.4 Å². The number of halogens is 1. The summed E-state index contributed by atoms with van der Waals surface area (Å²) in [5.41, 5.74) is 2.51. The monoisotopic (exact) mass is 253 g/mol. The lowest BCUT2D eigenvalue weighted by Crippen LogP contribution is -2.35. The molecule has 1 atom stereocenters. The number of hydrogen-bond donors (Lipinski definition) is 2. The van der Waals surface area contributed by atoms with Gasteiger partial charge in [0.05, 0.1) is 0 Å². The van der Waals surface area contributed by atoms with Crippen molar-refractivity contribution in [3.05, 3.63) is 29.3 Å². The molecule has 1 saturated carbocycles. The number of benzene rings is 1. The highest BCUT2D eigenvalue weighted by Gasteiger charge is 2.25. The van der Waals surface area contributed by atoms with Crippen LogP contribution >= 0.6 is 12.4 Å². The van der Waals surface area contributed by atoms with Crippen molar-refractivity contribution in [3.63, 3.8) is 0 Å². The van der Waals surface area contributed by atoms with Gasteiger partial charge in [-0.1, -0.05) is 12.1 Å². The van der Waals surface area contributed by atoms with E-state index >= 15 is 0 Å². The van der Waals surface area contributed by atoms with Crippen LogP contribution in [0.4, 0.5) is 0 Å². The SMILES string of the molecule is Cl.Oc1cccc2c1CC(NCC1CC1)CC2. The maximum atomic E-state index is 9.84. The van der Waals surface area contributed by atoms with Crippen molar-refractivity contribution >= 4 is 12.4 Å². The highest BCUT2D eigenvalue weighted by molar-refractivity contribution is 5.85. The second-order valence-corrected chi connectivity index (χ2v) is 5.21. The third kappa shape index (κ3) is 2.93. The minimum Gasteiger partial charge on any atom is -0.508 e. The Labute approximate surface area is 109 Å². The molecule has 0 amide bonds. The summed E-state index contributed by atoms with van der Waals surface area (Å²) in [6.45, 7) is 1.17. The highest BCUT2D eigenvalue weighted by Crippen LogP contribution is 2.30. The van der Waals surface area contributed by atoms with Crippen LogP contribution in [0, 0.1) is 5.92 Å². The van der Waals surface area contributed by atoms with Crippen molar-refractivity contribution in [1.82, 2.24) is 5.32 Å². The lowest BCUT2D eigenvalue weighted by Gasteiger charge is -2.26. The molecule has 1 fully saturated rings. The Morgan fingerprint density at radius 2 is 2.06 bits per heavy atom. The second-order valence-electron chi connectivity index (χ2n) is 5.21. The Morgan fingerprint density at radius 1 is 1.24 bits per heavy atom. The number of fused-ring (bicyclic) bond motifs is 1. The van der Waals surface area contributed by atoms with Gasteiger partial charge in [0.1, 0.15) is 5.75 Å². The van der Waals surface area contributed by atoms with E-state index in [0.29, 0.717) is 11.8 Å². The largest absolute Gasteiger partial charge is 0.508 e. The van der Waals surface area contributed by atoms with Crippen LogP contribution in [0.1, 0.15) is 30.4 Å². The van der Waals surface area contributed by atoms with Gasteiger partial charge >= 0.3 is 0 Å². The average molecular weight is 254 g/mol.